The minimum atomic E-state index is -3.78. The summed E-state index contributed by atoms with van der Waals surface area (Å²) >= 11 is 1.34. The minimum Gasteiger partial charge on any atom is -0.497 e. The Morgan fingerprint density at radius 3 is 2.18 bits per heavy atom. The first kappa shape index (κ1) is 26.1. The number of carbonyl (C=O) groups excluding carboxylic acids is 1. The Bertz CT molecular complexity index is 1670. The van der Waals surface area contributed by atoms with E-state index in [1.54, 1.807) is 36.4 Å². The third-order valence-corrected chi connectivity index (χ3v) is 8.15. The van der Waals surface area contributed by atoms with E-state index in [9.17, 15) is 13.2 Å². The number of carbonyl (C=O) groups is 1. The molecule has 0 bridgehead atoms. The van der Waals surface area contributed by atoms with Crippen LogP contribution in [0.4, 0.5) is 10.8 Å². The van der Waals surface area contributed by atoms with E-state index in [4.69, 9.17) is 4.74 Å². The quantitative estimate of drug-likeness (QED) is 0.217. The smallest absolute Gasteiger partial charge is 0.261 e. The van der Waals surface area contributed by atoms with Crippen LogP contribution < -0.4 is 14.8 Å². The molecule has 0 saturated heterocycles. The molecule has 196 valence electrons. The van der Waals surface area contributed by atoms with E-state index in [2.05, 4.69) is 39.3 Å². The van der Waals surface area contributed by atoms with Crippen LogP contribution in [0, 0.1) is 0 Å². The SMILES string of the molecule is COc1ccc(S(=O)(=O)Nc2ccc(C(=O)Nc3nc(-c4ccc(Cc5ccccc5)cc4)cs3)cc2)cc1. The highest BCUT2D eigenvalue weighted by atomic mass is 32.2. The van der Waals surface area contributed by atoms with Crippen LogP contribution in [-0.2, 0) is 16.4 Å². The number of anilines is 2. The van der Waals surface area contributed by atoms with Gasteiger partial charge in [0.05, 0.1) is 17.7 Å². The average molecular weight is 556 g/mol. The molecular weight excluding hydrogens is 530 g/mol. The second-order valence-corrected chi connectivity index (χ2v) is 11.3. The Balaban J connectivity index is 1.20. The Morgan fingerprint density at radius 2 is 1.51 bits per heavy atom. The summed E-state index contributed by atoms with van der Waals surface area (Å²) < 4.78 is 32.9. The fourth-order valence-corrected chi connectivity index (χ4v) is 5.69. The van der Waals surface area contributed by atoms with Gasteiger partial charge in [0, 0.05) is 22.2 Å². The highest BCUT2D eigenvalue weighted by Crippen LogP contribution is 2.26. The fraction of sp³-hybridized carbons (Fsp3) is 0.0667. The zero-order valence-electron chi connectivity index (χ0n) is 21.0. The van der Waals surface area contributed by atoms with Crippen molar-refractivity contribution in [2.75, 3.05) is 17.1 Å². The summed E-state index contributed by atoms with van der Waals surface area (Å²) in [6.07, 6.45) is 0.862. The van der Waals surface area contributed by atoms with Gasteiger partial charge >= 0.3 is 0 Å². The molecule has 1 aromatic heterocycles. The molecule has 1 amide bonds. The van der Waals surface area contributed by atoms with E-state index in [-0.39, 0.29) is 10.8 Å². The maximum absolute atomic E-state index is 12.8. The van der Waals surface area contributed by atoms with Crippen LogP contribution >= 0.6 is 11.3 Å². The first-order valence-corrected chi connectivity index (χ1v) is 14.4. The van der Waals surface area contributed by atoms with Gasteiger partial charge < -0.3 is 4.74 Å². The van der Waals surface area contributed by atoms with Crippen molar-refractivity contribution >= 4 is 38.1 Å². The number of sulfonamides is 1. The molecule has 0 spiro atoms. The Hall–Kier alpha value is -4.47. The molecule has 0 aliphatic heterocycles. The standard InChI is InChI=1S/C30H25N3O4S2/c1-37-26-15-17-27(18-16-26)39(35,36)33-25-13-11-24(12-14-25)29(34)32-30-31-28(20-38-30)23-9-7-22(8-10-23)19-21-5-3-2-4-6-21/h2-18,20,33H,19H2,1H3,(H,31,32,34). The van der Waals surface area contributed by atoms with Crippen molar-refractivity contribution in [1.82, 2.24) is 4.98 Å². The summed E-state index contributed by atoms with van der Waals surface area (Å²) in [4.78, 5) is 17.4. The molecule has 0 radical (unpaired) electrons. The van der Waals surface area contributed by atoms with E-state index in [1.165, 1.54) is 41.7 Å². The van der Waals surface area contributed by atoms with Gasteiger partial charge in [0.2, 0.25) is 0 Å². The zero-order chi connectivity index (χ0) is 27.2. The first-order valence-electron chi connectivity index (χ1n) is 12.1. The number of benzene rings is 4. The van der Waals surface area contributed by atoms with Crippen molar-refractivity contribution in [3.63, 3.8) is 0 Å². The number of amides is 1. The van der Waals surface area contributed by atoms with Gasteiger partial charge in [0.15, 0.2) is 5.13 Å². The van der Waals surface area contributed by atoms with E-state index < -0.39 is 10.0 Å². The number of nitrogens with zero attached hydrogens (tertiary/aromatic N) is 1. The topological polar surface area (TPSA) is 97.4 Å². The number of hydrogen-bond acceptors (Lipinski definition) is 6. The Kier molecular flexibility index (Phi) is 7.72. The third kappa shape index (κ3) is 6.51. The van der Waals surface area contributed by atoms with Crippen LogP contribution in [0.3, 0.4) is 0 Å². The molecule has 5 rings (SSSR count). The largest absolute Gasteiger partial charge is 0.497 e. The Morgan fingerprint density at radius 1 is 0.846 bits per heavy atom. The summed E-state index contributed by atoms with van der Waals surface area (Å²) in [5, 5.41) is 5.20. The van der Waals surface area contributed by atoms with E-state index >= 15 is 0 Å². The van der Waals surface area contributed by atoms with Crippen LogP contribution in [0.2, 0.25) is 0 Å². The highest BCUT2D eigenvalue weighted by molar-refractivity contribution is 7.92. The van der Waals surface area contributed by atoms with Gasteiger partial charge in [-0.1, -0.05) is 54.6 Å². The van der Waals surface area contributed by atoms with E-state index in [0.717, 1.165) is 17.7 Å². The molecule has 0 fully saturated rings. The van der Waals surface area contributed by atoms with Crippen LogP contribution in [0.25, 0.3) is 11.3 Å². The number of ether oxygens (including phenoxy) is 1. The predicted molar refractivity (Wildman–Crippen MR) is 155 cm³/mol. The van der Waals surface area contributed by atoms with Gasteiger partial charge in [-0.2, -0.15) is 0 Å². The van der Waals surface area contributed by atoms with Crippen LogP contribution in [0.1, 0.15) is 21.5 Å². The molecule has 5 aromatic rings. The van der Waals surface area contributed by atoms with Crippen molar-refractivity contribution in [3.05, 3.63) is 125 Å². The van der Waals surface area contributed by atoms with Gasteiger partial charge in [-0.3, -0.25) is 14.8 Å². The summed E-state index contributed by atoms with van der Waals surface area (Å²) in [6, 6.07) is 30.8. The molecule has 0 aliphatic carbocycles. The lowest BCUT2D eigenvalue weighted by Crippen LogP contribution is -2.14. The average Bonchev–Trinajstić information content (AvgIpc) is 3.42. The van der Waals surface area contributed by atoms with Crippen molar-refractivity contribution in [2.45, 2.75) is 11.3 Å². The number of methoxy groups -OCH3 is 1. The second kappa shape index (κ2) is 11.5. The molecule has 4 aromatic carbocycles. The molecule has 2 N–H and O–H groups in total. The lowest BCUT2D eigenvalue weighted by Gasteiger charge is -2.09. The lowest BCUT2D eigenvalue weighted by atomic mass is 10.0. The molecule has 0 atom stereocenters. The van der Waals surface area contributed by atoms with Gasteiger partial charge in [-0.05, 0) is 66.1 Å². The molecule has 9 heteroatoms. The van der Waals surface area contributed by atoms with Crippen molar-refractivity contribution in [2.24, 2.45) is 0 Å². The number of rotatable bonds is 9. The van der Waals surface area contributed by atoms with Gasteiger partial charge in [0.1, 0.15) is 5.75 Å². The van der Waals surface area contributed by atoms with Crippen LogP contribution in [-0.4, -0.2) is 26.4 Å². The van der Waals surface area contributed by atoms with Crippen LogP contribution in [0.15, 0.2) is 113 Å². The molecule has 1 heterocycles. The molecule has 0 aliphatic rings. The maximum Gasteiger partial charge on any atom is 0.261 e. The van der Waals surface area contributed by atoms with Gasteiger partial charge in [-0.15, -0.1) is 11.3 Å². The van der Waals surface area contributed by atoms with Gasteiger partial charge in [0.25, 0.3) is 15.9 Å². The predicted octanol–water partition coefficient (Wildman–Crippen LogP) is 6.46. The second-order valence-electron chi connectivity index (χ2n) is 8.71. The van der Waals surface area contributed by atoms with Crippen molar-refractivity contribution in [1.29, 1.82) is 0 Å². The van der Waals surface area contributed by atoms with Crippen molar-refractivity contribution in [3.8, 4) is 17.0 Å². The van der Waals surface area contributed by atoms with E-state index in [0.29, 0.717) is 22.1 Å². The van der Waals surface area contributed by atoms with E-state index in [1.807, 2.05) is 35.7 Å². The molecule has 0 unspecified atom stereocenters. The number of hydrogen-bond donors (Lipinski definition) is 2. The number of aromatic nitrogens is 1. The molecule has 0 saturated carbocycles. The molecule has 39 heavy (non-hydrogen) atoms. The van der Waals surface area contributed by atoms with Crippen molar-refractivity contribution < 1.29 is 17.9 Å². The monoisotopic (exact) mass is 555 g/mol. The summed E-state index contributed by atoms with van der Waals surface area (Å²) in [7, 11) is -2.26. The highest BCUT2D eigenvalue weighted by Gasteiger charge is 2.15. The minimum absolute atomic E-state index is 0.107. The summed E-state index contributed by atoms with van der Waals surface area (Å²) in [6.45, 7) is 0. The number of thiazole rings is 1. The van der Waals surface area contributed by atoms with Crippen LogP contribution in [0.5, 0.6) is 5.75 Å². The summed E-state index contributed by atoms with van der Waals surface area (Å²) in [5.74, 6) is 0.229. The maximum atomic E-state index is 12.8. The first-order chi connectivity index (χ1) is 18.9. The normalized spacial score (nSPS) is 11.1. The third-order valence-electron chi connectivity index (χ3n) is 5.99. The van der Waals surface area contributed by atoms with Gasteiger partial charge in [-0.25, -0.2) is 13.4 Å². The zero-order valence-corrected chi connectivity index (χ0v) is 22.6. The summed E-state index contributed by atoms with van der Waals surface area (Å²) in [5.41, 5.74) is 4.94. The number of nitrogens with one attached hydrogen (secondary N) is 2. The lowest BCUT2D eigenvalue weighted by molar-refractivity contribution is 0.102. The fourth-order valence-electron chi connectivity index (χ4n) is 3.92. The Labute approximate surface area is 231 Å². The molecule has 7 nitrogen and oxygen atoms in total. The molecular formula is C30H25N3O4S2.